The maximum atomic E-state index is 2.57. The van der Waals surface area contributed by atoms with Crippen LogP contribution in [0.2, 0.25) is 0 Å². The number of hydrogen-bond acceptors (Lipinski definition) is 14. The lowest BCUT2D eigenvalue weighted by Crippen LogP contribution is -2.17. The molecule has 68 heavy (non-hydrogen) atoms. The number of thioether (sulfide) groups is 14. The van der Waals surface area contributed by atoms with Gasteiger partial charge in [0.1, 0.15) is 0 Å². The van der Waals surface area contributed by atoms with Gasteiger partial charge in [0.25, 0.3) is 0 Å². The molecule has 352 valence electrons. The van der Waals surface area contributed by atoms with Gasteiger partial charge in [-0.15, -0.1) is 70.6 Å². The highest BCUT2D eigenvalue weighted by Gasteiger charge is 2.29. The Balaban J connectivity index is 1.16. The van der Waals surface area contributed by atoms with Gasteiger partial charge in [-0.05, 0) is 105 Å². The van der Waals surface area contributed by atoms with E-state index in [4.69, 9.17) is 0 Å². The largest absolute Gasteiger partial charge is 0.121 e. The molecule has 4 aliphatic rings. The minimum absolute atomic E-state index is 1.20. The molecular formula is C54H52S14. The number of rotatable bonds is 16. The third-order valence-electron chi connectivity index (χ3n) is 12.1. The Morgan fingerprint density at radius 2 is 0.603 bits per heavy atom. The predicted molar refractivity (Wildman–Crippen MR) is 341 cm³/mol. The number of unbranched alkanes of at least 4 members (excludes halogenated alkanes) is 6. The second kappa shape index (κ2) is 24.1. The molecule has 0 nitrogen and oxygen atoms in total. The van der Waals surface area contributed by atoms with Gasteiger partial charge < -0.3 is 0 Å². The van der Waals surface area contributed by atoms with Gasteiger partial charge in [-0.2, -0.15) is 0 Å². The van der Waals surface area contributed by atoms with Gasteiger partial charge in [-0.3, -0.25) is 0 Å². The van der Waals surface area contributed by atoms with Gasteiger partial charge in [-0.1, -0.05) is 219 Å². The zero-order chi connectivity index (χ0) is 46.7. The van der Waals surface area contributed by atoms with Crippen molar-refractivity contribution in [1.82, 2.24) is 0 Å². The van der Waals surface area contributed by atoms with Gasteiger partial charge in [0, 0.05) is 30.7 Å². The monoisotopic (exact) mass is 1150 g/mol. The van der Waals surface area contributed by atoms with E-state index in [-0.39, 0.29) is 0 Å². The average Bonchev–Trinajstić information content (AvgIpc) is 4.18. The van der Waals surface area contributed by atoms with Crippen molar-refractivity contribution in [1.29, 1.82) is 0 Å². The van der Waals surface area contributed by atoms with Crippen molar-refractivity contribution in [2.75, 3.05) is 36.5 Å². The van der Waals surface area contributed by atoms with Gasteiger partial charge >= 0.3 is 0 Å². The first-order valence-corrected chi connectivity index (χ1v) is 36.4. The topological polar surface area (TPSA) is 0 Å². The summed E-state index contributed by atoms with van der Waals surface area (Å²) < 4.78 is 14.3. The number of benzene rings is 6. The standard InChI is InChI=1S/C54H52S14/c1-7-9-11-19-27-59-53-54(60-28-20-12-10-8-2)68-46(67-53)42-33-23-15-13-21-31(33)41(32-22-14-16-24-34(32)42)45-61-39-29-37-38(30-40(39)62-45)44(48-65-51(57-5)52(58-6)66-48)36-26-18-17-25-35(36)43(37)47-63-49(55-3)50(56-4)64-47/h13-18,21-26,29-30H,7-12,19-20,27-28H2,1-6H3. The summed E-state index contributed by atoms with van der Waals surface area (Å²) in [5.74, 6) is 2.41. The Labute approximate surface area is 462 Å². The van der Waals surface area contributed by atoms with Crippen molar-refractivity contribution in [3.63, 3.8) is 0 Å². The van der Waals surface area contributed by atoms with E-state index >= 15 is 0 Å². The molecule has 4 aliphatic heterocycles. The highest BCUT2D eigenvalue weighted by atomic mass is 32.3. The third kappa shape index (κ3) is 10.5. The van der Waals surface area contributed by atoms with Gasteiger partial charge in [0.2, 0.25) is 0 Å². The Morgan fingerprint density at radius 3 is 0.897 bits per heavy atom. The number of hydrogen-bond donors (Lipinski definition) is 0. The Morgan fingerprint density at radius 1 is 0.324 bits per heavy atom. The Hall–Kier alpha value is -0.0400. The molecule has 0 bridgehead atoms. The average molecular weight is 1150 g/mol. The van der Waals surface area contributed by atoms with Gasteiger partial charge in [0.05, 0.1) is 42.4 Å². The maximum absolute atomic E-state index is 2.57. The van der Waals surface area contributed by atoms with E-state index in [1.807, 2.05) is 118 Å². The molecule has 0 spiro atoms. The molecule has 0 aliphatic carbocycles. The molecule has 0 radical (unpaired) electrons. The summed E-state index contributed by atoms with van der Waals surface area (Å²) in [6, 6.07) is 33.0. The molecule has 0 saturated carbocycles. The van der Waals surface area contributed by atoms with Crippen LogP contribution in [0.4, 0.5) is 0 Å². The van der Waals surface area contributed by atoms with Crippen LogP contribution < -0.4 is 20.9 Å². The second-order valence-electron chi connectivity index (χ2n) is 16.3. The van der Waals surface area contributed by atoms with Crippen molar-refractivity contribution in [2.45, 2.75) is 75.0 Å². The highest BCUT2D eigenvalue weighted by Crippen LogP contribution is 2.61. The van der Waals surface area contributed by atoms with Crippen LogP contribution in [0.3, 0.4) is 0 Å². The van der Waals surface area contributed by atoms with Crippen LogP contribution in [-0.4, -0.2) is 36.5 Å². The first-order chi connectivity index (χ1) is 33.5. The first kappa shape index (κ1) is 51.4. The third-order valence-corrected chi connectivity index (χ3v) is 30.7. The molecule has 6 aromatic rings. The summed E-state index contributed by atoms with van der Waals surface area (Å²) in [7, 11) is 0. The molecule has 0 N–H and O–H groups in total. The van der Waals surface area contributed by atoms with Crippen LogP contribution in [0.25, 0.3) is 60.0 Å². The lowest BCUT2D eigenvalue weighted by atomic mass is 9.99. The van der Waals surface area contributed by atoms with Crippen molar-refractivity contribution < 1.29 is 0 Å². The van der Waals surface area contributed by atoms with E-state index in [1.165, 1.54) is 179 Å². The van der Waals surface area contributed by atoms with E-state index in [0.29, 0.717) is 0 Å². The first-order valence-electron chi connectivity index (χ1n) is 23.0. The molecule has 0 aromatic heterocycles. The minimum Gasteiger partial charge on any atom is -0.121 e. The summed E-state index contributed by atoms with van der Waals surface area (Å²) in [6.07, 6.45) is 19.4. The zero-order valence-electron chi connectivity index (χ0n) is 38.9. The smallest absolute Gasteiger partial charge is 0.0660 e. The molecular weight excluding hydrogens is 1100 g/mol. The zero-order valence-corrected chi connectivity index (χ0v) is 50.3. The fourth-order valence-corrected chi connectivity index (χ4v) is 27.9. The van der Waals surface area contributed by atoms with Gasteiger partial charge in [0.15, 0.2) is 0 Å². The van der Waals surface area contributed by atoms with E-state index in [0.717, 1.165) is 0 Å². The summed E-state index contributed by atoms with van der Waals surface area (Å²) in [5, 5.41) is 16.4. The highest BCUT2D eigenvalue weighted by molar-refractivity contribution is 8.47. The van der Waals surface area contributed by atoms with Crippen molar-refractivity contribution in [3.8, 4) is 0 Å². The summed E-state index contributed by atoms with van der Waals surface area (Å²) >= 11 is 27.7. The SMILES string of the molecule is CCCCCCSC1=C(SCCCCCC)SC(=c2c3ccccc3c(=C3Sc4cc5c(=C6SC(SC)=C(SC)S6)c6ccccc6c(=C6SC(SC)=C(SC)S6)c5cc4S3)c3ccccc23)S1. The van der Waals surface area contributed by atoms with Crippen molar-refractivity contribution >= 4 is 225 Å². The summed E-state index contributed by atoms with van der Waals surface area (Å²) in [5.41, 5.74) is 0. The van der Waals surface area contributed by atoms with Crippen LogP contribution in [-0.2, 0) is 0 Å². The van der Waals surface area contributed by atoms with E-state index in [2.05, 4.69) is 171 Å². The lowest BCUT2D eigenvalue weighted by Gasteiger charge is -2.13. The molecule has 0 saturated heterocycles. The Bertz CT molecular complexity index is 3080. The molecule has 0 atom stereocenters. The summed E-state index contributed by atoms with van der Waals surface area (Å²) in [6.45, 7) is 4.62. The molecule has 0 fully saturated rings. The van der Waals surface area contributed by atoms with Gasteiger partial charge in [-0.25, -0.2) is 0 Å². The normalized spacial score (nSPS) is 16.6. The van der Waals surface area contributed by atoms with Crippen LogP contribution >= 0.6 is 165 Å². The van der Waals surface area contributed by atoms with Crippen molar-refractivity contribution in [3.05, 3.63) is 131 Å². The van der Waals surface area contributed by atoms with E-state index < -0.39 is 0 Å². The van der Waals surface area contributed by atoms with Crippen LogP contribution in [0.5, 0.6) is 0 Å². The minimum atomic E-state index is 1.20. The maximum Gasteiger partial charge on any atom is 0.0660 e. The predicted octanol–water partition coefficient (Wildman–Crippen LogP) is 19.4. The fraction of sp³-hybridized carbons (Fsp3) is 0.296. The molecule has 0 unspecified atom stereocenters. The molecule has 10 rings (SSSR count). The number of fused-ring (bicyclic) bond motifs is 5. The Kier molecular flexibility index (Phi) is 18.2. The molecule has 6 aromatic carbocycles. The molecule has 4 heterocycles. The van der Waals surface area contributed by atoms with E-state index in [1.54, 1.807) is 0 Å². The quantitative estimate of drug-likeness (QED) is 0.0667. The molecule has 0 amide bonds. The summed E-state index contributed by atoms with van der Waals surface area (Å²) in [4.78, 5) is 2.72. The second-order valence-corrected chi connectivity index (χ2v) is 32.6. The van der Waals surface area contributed by atoms with Crippen LogP contribution in [0.1, 0.15) is 65.2 Å². The fourth-order valence-electron chi connectivity index (χ4n) is 8.86. The van der Waals surface area contributed by atoms with E-state index in [9.17, 15) is 0 Å². The van der Waals surface area contributed by atoms with Crippen molar-refractivity contribution in [2.24, 2.45) is 0 Å². The van der Waals surface area contributed by atoms with Crippen LogP contribution in [0, 0.1) is 0 Å². The lowest BCUT2D eigenvalue weighted by molar-refractivity contribution is 0.707. The van der Waals surface area contributed by atoms with Crippen LogP contribution in [0.15, 0.2) is 120 Å². The molecule has 14 heteroatoms.